The molecule has 2 aliphatic rings. The molecule has 3 N–H and O–H groups in total. The molecule has 1 aromatic rings. The van der Waals surface area contributed by atoms with E-state index in [-0.39, 0.29) is 0 Å². The minimum Gasteiger partial charge on any atom is -0.465 e. The second-order valence-electron chi connectivity index (χ2n) is 5.44. The first-order valence-electron chi connectivity index (χ1n) is 7.40. The summed E-state index contributed by atoms with van der Waals surface area (Å²) in [7, 11) is 0. The van der Waals surface area contributed by atoms with E-state index < -0.39 is 6.09 Å². The van der Waals surface area contributed by atoms with Gasteiger partial charge in [0.05, 0.1) is 13.2 Å². The molecule has 7 heteroatoms. The summed E-state index contributed by atoms with van der Waals surface area (Å²) in [5.41, 5.74) is 8.84. The van der Waals surface area contributed by atoms with Crippen molar-refractivity contribution in [3.05, 3.63) is 23.9 Å². The monoisotopic (exact) mass is 304 g/mol. The molecule has 1 saturated heterocycles. The number of morpholine rings is 1. The summed E-state index contributed by atoms with van der Waals surface area (Å²) < 4.78 is 5.34. The first kappa shape index (κ1) is 14.6. The maximum atomic E-state index is 10.9. The zero-order valence-electron chi connectivity index (χ0n) is 12.4. The lowest BCUT2D eigenvalue weighted by molar-refractivity contribution is 0.122. The third kappa shape index (κ3) is 2.99. The molecule has 3 rings (SSSR count). The van der Waals surface area contributed by atoms with Crippen molar-refractivity contribution >= 4 is 23.2 Å². The molecule has 22 heavy (non-hydrogen) atoms. The first-order valence-corrected chi connectivity index (χ1v) is 7.40. The van der Waals surface area contributed by atoms with E-state index in [4.69, 9.17) is 15.6 Å². The highest BCUT2D eigenvalue weighted by atomic mass is 16.5. The van der Waals surface area contributed by atoms with Crippen molar-refractivity contribution in [2.24, 2.45) is 0 Å². The van der Waals surface area contributed by atoms with Crippen LogP contribution in [0.3, 0.4) is 0 Å². The molecule has 0 atom stereocenters. The molecule has 7 nitrogen and oxygen atoms in total. The van der Waals surface area contributed by atoms with Crippen LogP contribution in [-0.4, -0.2) is 60.5 Å². The van der Waals surface area contributed by atoms with Gasteiger partial charge in [0.25, 0.3) is 0 Å². The molecule has 3 heterocycles. The van der Waals surface area contributed by atoms with Gasteiger partial charge in [0, 0.05) is 49.7 Å². The van der Waals surface area contributed by atoms with Gasteiger partial charge in [-0.1, -0.05) is 6.08 Å². The summed E-state index contributed by atoms with van der Waals surface area (Å²) >= 11 is 0. The van der Waals surface area contributed by atoms with Crippen molar-refractivity contribution in [1.29, 1.82) is 0 Å². The lowest BCUT2D eigenvalue weighted by Crippen LogP contribution is -2.36. The highest BCUT2D eigenvalue weighted by Crippen LogP contribution is 2.29. The summed E-state index contributed by atoms with van der Waals surface area (Å²) in [6.45, 7) is 3.95. The van der Waals surface area contributed by atoms with Crippen LogP contribution in [0.25, 0.3) is 5.57 Å². The molecule has 0 aromatic carbocycles. The highest BCUT2D eigenvalue weighted by Gasteiger charge is 2.19. The molecule has 2 aliphatic heterocycles. The van der Waals surface area contributed by atoms with E-state index in [1.807, 2.05) is 12.1 Å². The minimum absolute atomic E-state index is 0.398. The topological polar surface area (TPSA) is 91.9 Å². The number of aromatic nitrogens is 1. The summed E-state index contributed by atoms with van der Waals surface area (Å²) in [5.74, 6) is 0.869. The number of nitrogens with zero attached hydrogens (tertiary/aromatic N) is 3. The Balaban J connectivity index is 1.76. The van der Waals surface area contributed by atoms with Crippen LogP contribution in [-0.2, 0) is 4.74 Å². The molecule has 0 unspecified atom stereocenters. The SMILES string of the molecule is Nc1cc(N2CCOCC2)ncc1C1=CCN(C(=O)O)CC1. The summed E-state index contributed by atoms with van der Waals surface area (Å²) in [5, 5.41) is 8.97. The van der Waals surface area contributed by atoms with Gasteiger partial charge in [-0.2, -0.15) is 0 Å². The van der Waals surface area contributed by atoms with Crippen LogP contribution >= 0.6 is 0 Å². The number of nitrogen functional groups attached to an aromatic ring is 1. The van der Waals surface area contributed by atoms with Crippen LogP contribution in [0.1, 0.15) is 12.0 Å². The highest BCUT2D eigenvalue weighted by molar-refractivity contribution is 5.78. The number of carbonyl (C=O) groups is 1. The Bertz CT molecular complexity index is 596. The van der Waals surface area contributed by atoms with Crippen LogP contribution in [0.15, 0.2) is 18.3 Å². The Hall–Kier alpha value is -2.28. The van der Waals surface area contributed by atoms with Crippen molar-refractivity contribution < 1.29 is 14.6 Å². The van der Waals surface area contributed by atoms with Crippen molar-refractivity contribution in [1.82, 2.24) is 9.88 Å². The fourth-order valence-corrected chi connectivity index (χ4v) is 2.78. The number of rotatable bonds is 2. The van der Waals surface area contributed by atoms with Crippen molar-refractivity contribution in [2.75, 3.05) is 50.0 Å². The number of carboxylic acid groups (broad SMARTS) is 1. The van der Waals surface area contributed by atoms with E-state index in [2.05, 4.69) is 9.88 Å². The summed E-state index contributed by atoms with van der Waals surface area (Å²) in [4.78, 5) is 19.0. The summed E-state index contributed by atoms with van der Waals surface area (Å²) in [6.07, 6.45) is 3.49. The third-order valence-electron chi connectivity index (χ3n) is 4.08. The van der Waals surface area contributed by atoms with E-state index in [0.29, 0.717) is 38.4 Å². The van der Waals surface area contributed by atoms with Gasteiger partial charge in [0.1, 0.15) is 5.82 Å². The third-order valence-corrected chi connectivity index (χ3v) is 4.08. The maximum Gasteiger partial charge on any atom is 0.407 e. The van der Waals surface area contributed by atoms with E-state index in [9.17, 15) is 4.79 Å². The van der Waals surface area contributed by atoms with Gasteiger partial charge in [-0.05, 0) is 12.0 Å². The Morgan fingerprint density at radius 1 is 1.32 bits per heavy atom. The van der Waals surface area contributed by atoms with Gasteiger partial charge >= 0.3 is 6.09 Å². The second kappa shape index (κ2) is 6.23. The number of hydrogen-bond acceptors (Lipinski definition) is 5. The first-order chi connectivity index (χ1) is 10.6. The zero-order valence-corrected chi connectivity index (χ0v) is 12.4. The molecule has 1 aromatic heterocycles. The van der Waals surface area contributed by atoms with Gasteiger partial charge in [0.2, 0.25) is 0 Å². The average molecular weight is 304 g/mol. The van der Waals surface area contributed by atoms with Gasteiger partial charge in [-0.3, -0.25) is 0 Å². The fourth-order valence-electron chi connectivity index (χ4n) is 2.78. The Labute approximate surface area is 129 Å². The number of hydrogen-bond donors (Lipinski definition) is 2. The van der Waals surface area contributed by atoms with E-state index in [1.54, 1.807) is 6.20 Å². The number of amides is 1. The molecular weight excluding hydrogens is 284 g/mol. The van der Waals surface area contributed by atoms with Crippen molar-refractivity contribution in [3.63, 3.8) is 0 Å². The molecule has 1 amide bonds. The van der Waals surface area contributed by atoms with E-state index in [0.717, 1.165) is 30.0 Å². The molecule has 0 spiro atoms. The van der Waals surface area contributed by atoms with Gasteiger partial charge in [0.15, 0.2) is 0 Å². The van der Waals surface area contributed by atoms with Crippen LogP contribution in [0, 0.1) is 0 Å². The summed E-state index contributed by atoms with van der Waals surface area (Å²) in [6, 6.07) is 1.89. The Kier molecular flexibility index (Phi) is 4.15. The molecular formula is C15H20N4O3. The molecule has 0 saturated carbocycles. The average Bonchev–Trinajstić information content (AvgIpc) is 2.56. The quantitative estimate of drug-likeness (QED) is 0.855. The van der Waals surface area contributed by atoms with Gasteiger partial charge in [-0.15, -0.1) is 0 Å². The smallest absolute Gasteiger partial charge is 0.407 e. The molecule has 0 radical (unpaired) electrons. The van der Waals surface area contributed by atoms with Crippen molar-refractivity contribution in [2.45, 2.75) is 6.42 Å². The normalized spacial score (nSPS) is 19.0. The minimum atomic E-state index is -0.885. The van der Waals surface area contributed by atoms with Crippen LogP contribution < -0.4 is 10.6 Å². The standard InChI is InChI=1S/C15H20N4O3/c16-13-9-14(18-5-7-22-8-6-18)17-10-12(13)11-1-3-19(4-2-11)15(20)21/h1,9-10H,2-8H2,(H2,16,17)(H,20,21). The van der Waals surface area contributed by atoms with Crippen LogP contribution in [0.5, 0.6) is 0 Å². The van der Waals surface area contributed by atoms with Crippen LogP contribution in [0.4, 0.5) is 16.3 Å². The molecule has 0 bridgehead atoms. The van der Waals surface area contributed by atoms with Crippen LogP contribution in [0.2, 0.25) is 0 Å². The predicted octanol–water partition coefficient (Wildman–Crippen LogP) is 1.27. The lowest BCUT2D eigenvalue weighted by Gasteiger charge is -2.28. The van der Waals surface area contributed by atoms with Crippen molar-refractivity contribution in [3.8, 4) is 0 Å². The predicted molar refractivity (Wildman–Crippen MR) is 83.9 cm³/mol. The Morgan fingerprint density at radius 2 is 2.09 bits per heavy atom. The second-order valence-corrected chi connectivity index (χ2v) is 5.44. The lowest BCUT2D eigenvalue weighted by atomic mass is 10.00. The van der Waals surface area contributed by atoms with E-state index in [1.165, 1.54) is 4.90 Å². The fraction of sp³-hybridized carbons (Fsp3) is 0.467. The molecule has 1 fully saturated rings. The number of pyridine rings is 1. The molecule has 118 valence electrons. The Morgan fingerprint density at radius 3 is 2.68 bits per heavy atom. The maximum absolute atomic E-state index is 10.9. The van der Waals surface area contributed by atoms with E-state index >= 15 is 0 Å². The largest absolute Gasteiger partial charge is 0.465 e. The van der Waals surface area contributed by atoms with Gasteiger partial charge < -0.3 is 25.4 Å². The van der Waals surface area contributed by atoms with Gasteiger partial charge in [-0.25, -0.2) is 9.78 Å². The number of nitrogens with two attached hydrogens (primary N) is 1. The molecule has 0 aliphatic carbocycles. The number of anilines is 2. The number of ether oxygens (including phenoxy) is 1. The zero-order chi connectivity index (χ0) is 15.5.